The van der Waals surface area contributed by atoms with Crippen LogP contribution >= 0.6 is 11.3 Å². The minimum absolute atomic E-state index is 0.0264. The number of likely N-dealkylation sites (N-methyl/N-ethyl adjacent to an activating group) is 1. The molecule has 3 rings (SSSR count). The van der Waals surface area contributed by atoms with Crippen LogP contribution in [0.5, 0.6) is 0 Å². The molecular formula is C17H25N3O2S. The second kappa shape index (κ2) is 7.45. The van der Waals surface area contributed by atoms with Crippen molar-refractivity contribution in [3.05, 3.63) is 22.4 Å². The molecule has 1 aromatic heterocycles. The summed E-state index contributed by atoms with van der Waals surface area (Å²) in [4.78, 5) is 29.8. The first-order chi connectivity index (χ1) is 11.2. The number of piperazine rings is 1. The van der Waals surface area contributed by atoms with Gasteiger partial charge in [-0.3, -0.25) is 14.5 Å². The maximum Gasteiger partial charge on any atom is 0.264 e. The second-order valence-electron chi connectivity index (χ2n) is 6.41. The molecule has 1 aliphatic heterocycles. The summed E-state index contributed by atoms with van der Waals surface area (Å²) in [6, 6.07) is 3.77. The molecule has 1 aliphatic carbocycles. The number of thiophene rings is 1. The molecule has 2 heterocycles. The summed E-state index contributed by atoms with van der Waals surface area (Å²) < 4.78 is 0. The average Bonchev–Trinajstić information content (AvgIpc) is 3.28. The van der Waals surface area contributed by atoms with Crippen molar-refractivity contribution in [1.29, 1.82) is 0 Å². The van der Waals surface area contributed by atoms with E-state index in [0.29, 0.717) is 19.0 Å². The molecule has 1 N–H and O–H groups in total. The Morgan fingerprint density at radius 3 is 2.48 bits per heavy atom. The summed E-state index contributed by atoms with van der Waals surface area (Å²) in [5.74, 6) is 0.724. The van der Waals surface area contributed by atoms with Crippen molar-refractivity contribution in [2.24, 2.45) is 5.92 Å². The summed E-state index contributed by atoms with van der Waals surface area (Å²) in [5, 5.41) is 4.77. The van der Waals surface area contributed by atoms with E-state index in [9.17, 15) is 9.59 Å². The Morgan fingerprint density at radius 1 is 1.22 bits per heavy atom. The number of carbonyl (C=O) groups is 2. The lowest BCUT2D eigenvalue weighted by Crippen LogP contribution is -2.57. The molecule has 23 heavy (non-hydrogen) atoms. The summed E-state index contributed by atoms with van der Waals surface area (Å²) in [6.45, 7) is 2.98. The highest BCUT2D eigenvalue weighted by atomic mass is 32.1. The summed E-state index contributed by atoms with van der Waals surface area (Å²) in [7, 11) is 1.72. The van der Waals surface area contributed by atoms with Gasteiger partial charge in [-0.25, -0.2) is 0 Å². The molecule has 1 saturated carbocycles. The van der Waals surface area contributed by atoms with Crippen LogP contribution in [0.4, 0.5) is 0 Å². The van der Waals surface area contributed by atoms with Gasteiger partial charge in [-0.2, -0.15) is 0 Å². The molecule has 2 fully saturated rings. The minimum Gasteiger partial charge on any atom is -0.358 e. The molecular weight excluding hydrogens is 310 g/mol. The van der Waals surface area contributed by atoms with Crippen LogP contribution in [0.1, 0.15) is 35.4 Å². The zero-order valence-corrected chi connectivity index (χ0v) is 14.5. The summed E-state index contributed by atoms with van der Waals surface area (Å²) in [5.41, 5.74) is 0. The van der Waals surface area contributed by atoms with Crippen molar-refractivity contribution in [2.45, 2.75) is 31.7 Å². The lowest BCUT2D eigenvalue weighted by Gasteiger charge is -2.40. The molecule has 126 valence electrons. The number of nitrogens with one attached hydrogen (secondary N) is 1. The minimum atomic E-state index is -0.0264. The normalized spacial score (nSPS) is 21.3. The van der Waals surface area contributed by atoms with Gasteiger partial charge in [0, 0.05) is 33.2 Å². The number of nitrogens with zero attached hydrogens (tertiary/aromatic N) is 2. The van der Waals surface area contributed by atoms with Gasteiger partial charge in [0.2, 0.25) is 5.91 Å². The van der Waals surface area contributed by atoms with Crippen LogP contribution in [0.2, 0.25) is 0 Å². The zero-order valence-electron chi connectivity index (χ0n) is 13.7. The number of amides is 2. The highest BCUT2D eigenvalue weighted by Gasteiger charge is 2.36. The molecule has 0 aromatic carbocycles. The third kappa shape index (κ3) is 3.58. The zero-order chi connectivity index (χ0) is 16.2. The van der Waals surface area contributed by atoms with Gasteiger partial charge in [0.1, 0.15) is 0 Å². The van der Waals surface area contributed by atoms with E-state index in [0.717, 1.165) is 30.8 Å². The van der Waals surface area contributed by atoms with Gasteiger partial charge in [-0.05, 0) is 30.2 Å². The molecule has 1 atom stereocenters. The smallest absolute Gasteiger partial charge is 0.264 e. The molecule has 6 heteroatoms. The van der Waals surface area contributed by atoms with Crippen LogP contribution in [0, 0.1) is 5.92 Å². The Kier molecular flexibility index (Phi) is 5.33. The van der Waals surface area contributed by atoms with E-state index in [4.69, 9.17) is 0 Å². The highest BCUT2D eigenvalue weighted by Crippen LogP contribution is 2.31. The lowest BCUT2D eigenvalue weighted by atomic mass is 9.95. The van der Waals surface area contributed by atoms with Gasteiger partial charge in [-0.1, -0.05) is 18.9 Å². The van der Waals surface area contributed by atoms with Crippen molar-refractivity contribution >= 4 is 23.2 Å². The molecule has 1 aromatic rings. The lowest BCUT2D eigenvalue weighted by molar-refractivity contribution is -0.128. The van der Waals surface area contributed by atoms with Gasteiger partial charge in [0.05, 0.1) is 10.9 Å². The fourth-order valence-corrected chi connectivity index (χ4v) is 4.55. The quantitative estimate of drug-likeness (QED) is 0.913. The van der Waals surface area contributed by atoms with Crippen LogP contribution in [-0.4, -0.2) is 60.9 Å². The van der Waals surface area contributed by atoms with Gasteiger partial charge in [-0.15, -0.1) is 11.3 Å². The van der Waals surface area contributed by atoms with E-state index in [-0.39, 0.29) is 17.9 Å². The molecule has 0 radical (unpaired) electrons. The topological polar surface area (TPSA) is 52.7 Å². The van der Waals surface area contributed by atoms with Gasteiger partial charge in [0.25, 0.3) is 5.91 Å². The van der Waals surface area contributed by atoms with Crippen molar-refractivity contribution in [3.63, 3.8) is 0 Å². The van der Waals surface area contributed by atoms with Crippen LogP contribution in [0.3, 0.4) is 0 Å². The van der Waals surface area contributed by atoms with Crippen LogP contribution in [-0.2, 0) is 4.79 Å². The fraction of sp³-hybridized carbons (Fsp3) is 0.647. The molecule has 0 spiro atoms. The summed E-state index contributed by atoms with van der Waals surface area (Å²) in [6.07, 6.45) is 4.75. The third-order valence-corrected chi connectivity index (χ3v) is 5.95. The maximum absolute atomic E-state index is 12.4. The summed E-state index contributed by atoms with van der Waals surface area (Å²) >= 11 is 1.49. The Balaban J connectivity index is 1.62. The van der Waals surface area contributed by atoms with E-state index < -0.39 is 0 Å². The number of hydrogen-bond donors (Lipinski definition) is 1. The standard InChI is InChI=1S/C17H25N3O2S/c1-18-16(21)15(13-5-2-3-6-13)19-8-10-20(11-9-19)17(22)14-7-4-12-23-14/h4,7,12-13,15H,2-3,5-6,8-11H2,1H3,(H,18,21)/t15-/m1/s1. The first kappa shape index (κ1) is 16.5. The Morgan fingerprint density at radius 2 is 1.91 bits per heavy atom. The second-order valence-corrected chi connectivity index (χ2v) is 7.36. The molecule has 2 aliphatic rings. The SMILES string of the molecule is CNC(=O)[C@@H](C1CCCC1)N1CCN(C(=O)c2cccs2)CC1. The van der Waals surface area contributed by atoms with Gasteiger partial charge in [0.15, 0.2) is 0 Å². The predicted molar refractivity (Wildman–Crippen MR) is 91.6 cm³/mol. The van der Waals surface area contributed by atoms with Crippen molar-refractivity contribution < 1.29 is 9.59 Å². The van der Waals surface area contributed by atoms with Gasteiger partial charge >= 0.3 is 0 Å². The first-order valence-electron chi connectivity index (χ1n) is 8.49. The third-order valence-electron chi connectivity index (χ3n) is 5.09. The molecule has 2 amide bonds. The monoisotopic (exact) mass is 335 g/mol. The fourth-order valence-electron chi connectivity index (χ4n) is 3.86. The highest BCUT2D eigenvalue weighted by molar-refractivity contribution is 7.12. The van der Waals surface area contributed by atoms with Crippen molar-refractivity contribution in [1.82, 2.24) is 15.1 Å². The first-order valence-corrected chi connectivity index (χ1v) is 9.37. The largest absolute Gasteiger partial charge is 0.358 e. The van der Waals surface area contributed by atoms with Gasteiger partial charge < -0.3 is 10.2 Å². The Labute approximate surface area is 141 Å². The Bertz CT molecular complexity index is 532. The Hall–Kier alpha value is -1.40. The molecule has 1 saturated heterocycles. The van der Waals surface area contributed by atoms with Crippen LogP contribution in [0.25, 0.3) is 0 Å². The van der Waals surface area contributed by atoms with Crippen molar-refractivity contribution in [2.75, 3.05) is 33.2 Å². The molecule has 0 unspecified atom stereocenters. The van der Waals surface area contributed by atoms with Crippen molar-refractivity contribution in [3.8, 4) is 0 Å². The number of hydrogen-bond acceptors (Lipinski definition) is 4. The van der Waals surface area contributed by atoms with E-state index >= 15 is 0 Å². The predicted octanol–water partition coefficient (Wildman–Crippen LogP) is 1.81. The average molecular weight is 335 g/mol. The molecule has 0 bridgehead atoms. The van der Waals surface area contributed by atoms with E-state index in [1.165, 1.54) is 24.2 Å². The van der Waals surface area contributed by atoms with Crippen LogP contribution in [0.15, 0.2) is 17.5 Å². The maximum atomic E-state index is 12.4. The number of rotatable bonds is 4. The van der Waals surface area contributed by atoms with Crippen LogP contribution < -0.4 is 5.32 Å². The number of carbonyl (C=O) groups excluding carboxylic acids is 2. The van der Waals surface area contributed by atoms with E-state index in [1.807, 2.05) is 22.4 Å². The molecule has 5 nitrogen and oxygen atoms in total. The van der Waals surface area contributed by atoms with E-state index in [1.54, 1.807) is 7.05 Å². The van der Waals surface area contributed by atoms with E-state index in [2.05, 4.69) is 10.2 Å².